The van der Waals surface area contributed by atoms with Crippen LogP contribution in [0.2, 0.25) is 5.02 Å². The van der Waals surface area contributed by atoms with Crippen LogP contribution in [0.1, 0.15) is 5.56 Å². The number of anilines is 1. The molecule has 0 bridgehead atoms. The van der Waals surface area contributed by atoms with E-state index in [1.54, 1.807) is 24.3 Å². The minimum atomic E-state index is -1.23. The van der Waals surface area contributed by atoms with E-state index in [1.165, 1.54) is 0 Å². The fourth-order valence-electron chi connectivity index (χ4n) is 1.52. The maximum absolute atomic E-state index is 13.3. The van der Waals surface area contributed by atoms with E-state index in [4.69, 9.17) is 11.6 Å². The number of nitrogens with one attached hydrogen (secondary N) is 1. The molecule has 0 amide bonds. The molecule has 0 spiro atoms. The van der Waals surface area contributed by atoms with Crippen molar-refractivity contribution in [1.29, 1.82) is 0 Å². The molecule has 1 N–H and O–H groups in total. The molecule has 0 unspecified atom stereocenters. The van der Waals surface area contributed by atoms with Crippen molar-refractivity contribution in [3.05, 3.63) is 64.4 Å². The van der Waals surface area contributed by atoms with Crippen LogP contribution >= 0.6 is 11.6 Å². The maximum atomic E-state index is 13.3. The van der Waals surface area contributed by atoms with Gasteiger partial charge < -0.3 is 5.32 Å². The van der Waals surface area contributed by atoms with Gasteiger partial charge in [-0.2, -0.15) is 0 Å². The van der Waals surface area contributed by atoms with Gasteiger partial charge >= 0.3 is 0 Å². The average molecular weight is 272 g/mol. The number of hydrogen-bond donors (Lipinski definition) is 1. The van der Waals surface area contributed by atoms with Crippen molar-refractivity contribution < 1.29 is 13.2 Å². The van der Waals surface area contributed by atoms with Gasteiger partial charge in [0.05, 0.1) is 5.69 Å². The summed E-state index contributed by atoms with van der Waals surface area (Å²) in [6.07, 6.45) is 0. The van der Waals surface area contributed by atoms with Crippen LogP contribution in [0.15, 0.2) is 36.4 Å². The van der Waals surface area contributed by atoms with Crippen LogP contribution in [0.5, 0.6) is 0 Å². The molecule has 0 atom stereocenters. The van der Waals surface area contributed by atoms with E-state index in [-0.39, 0.29) is 12.2 Å². The van der Waals surface area contributed by atoms with Gasteiger partial charge in [0.15, 0.2) is 11.6 Å². The molecule has 5 heteroatoms. The molecule has 94 valence electrons. The lowest BCUT2D eigenvalue weighted by atomic mass is 10.2. The second kappa shape index (κ2) is 5.31. The first-order chi connectivity index (χ1) is 8.58. The topological polar surface area (TPSA) is 12.0 Å². The first kappa shape index (κ1) is 12.8. The molecule has 0 aliphatic heterocycles. The summed E-state index contributed by atoms with van der Waals surface area (Å²) >= 11 is 5.91. The highest BCUT2D eigenvalue weighted by atomic mass is 35.5. The predicted molar refractivity (Wildman–Crippen MR) is 65.1 cm³/mol. The molecule has 18 heavy (non-hydrogen) atoms. The Morgan fingerprint density at radius 2 is 1.78 bits per heavy atom. The number of benzene rings is 2. The second-order valence-electron chi connectivity index (χ2n) is 3.69. The molecular weight excluding hydrogens is 263 g/mol. The van der Waals surface area contributed by atoms with Crippen LogP contribution in [-0.2, 0) is 6.54 Å². The zero-order valence-electron chi connectivity index (χ0n) is 9.18. The lowest BCUT2D eigenvalue weighted by molar-refractivity contribution is 0.497. The molecular formula is C13H9ClF3N. The molecule has 0 radical (unpaired) electrons. The Bertz CT molecular complexity index is 572. The van der Waals surface area contributed by atoms with Gasteiger partial charge in [-0.05, 0) is 11.6 Å². The lowest BCUT2D eigenvalue weighted by Crippen LogP contribution is -2.04. The maximum Gasteiger partial charge on any atom is 0.182 e. The standard InChI is InChI=1S/C13H9ClF3N/c14-10-4-2-1-3-8(10)7-18-12-6-9(15)5-11(16)13(12)17/h1-6,18H,7H2. The van der Waals surface area contributed by atoms with Gasteiger partial charge in [-0.15, -0.1) is 0 Å². The van der Waals surface area contributed by atoms with Gasteiger partial charge in [-0.1, -0.05) is 29.8 Å². The molecule has 2 rings (SSSR count). The molecule has 0 aliphatic rings. The SMILES string of the molecule is Fc1cc(F)c(F)c(NCc2ccccc2Cl)c1. The number of rotatable bonds is 3. The molecule has 0 fully saturated rings. The minimum absolute atomic E-state index is 0.180. The van der Waals surface area contributed by atoms with Gasteiger partial charge in [0, 0.05) is 23.7 Å². The summed E-state index contributed by atoms with van der Waals surface area (Å²) in [7, 11) is 0. The van der Waals surface area contributed by atoms with E-state index in [0.717, 1.165) is 6.07 Å². The largest absolute Gasteiger partial charge is 0.378 e. The third-order valence-electron chi connectivity index (χ3n) is 2.42. The summed E-state index contributed by atoms with van der Waals surface area (Å²) in [6, 6.07) is 8.34. The van der Waals surface area contributed by atoms with Crippen LogP contribution in [0.3, 0.4) is 0 Å². The van der Waals surface area contributed by atoms with Crippen molar-refractivity contribution in [3.8, 4) is 0 Å². The van der Waals surface area contributed by atoms with Gasteiger partial charge in [0.2, 0.25) is 0 Å². The van der Waals surface area contributed by atoms with E-state index in [0.29, 0.717) is 16.7 Å². The Morgan fingerprint density at radius 3 is 2.50 bits per heavy atom. The van der Waals surface area contributed by atoms with Crippen molar-refractivity contribution in [3.63, 3.8) is 0 Å². The molecule has 2 aromatic carbocycles. The summed E-state index contributed by atoms with van der Waals surface area (Å²) in [6.45, 7) is 0.180. The zero-order chi connectivity index (χ0) is 13.1. The Morgan fingerprint density at radius 1 is 1.06 bits per heavy atom. The highest BCUT2D eigenvalue weighted by molar-refractivity contribution is 6.31. The summed E-state index contributed by atoms with van der Waals surface area (Å²) in [5.74, 6) is -3.17. The molecule has 0 aliphatic carbocycles. The Hall–Kier alpha value is -1.68. The average Bonchev–Trinajstić information content (AvgIpc) is 2.33. The third-order valence-corrected chi connectivity index (χ3v) is 2.79. The van der Waals surface area contributed by atoms with Crippen molar-refractivity contribution in [1.82, 2.24) is 0 Å². The van der Waals surface area contributed by atoms with E-state index >= 15 is 0 Å². The van der Waals surface area contributed by atoms with Crippen molar-refractivity contribution >= 4 is 17.3 Å². The van der Waals surface area contributed by atoms with E-state index in [9.17, 15) is 13.2 Å². The summed E-state index contributed by atoms with van der Waals surface area (Å²) in [5.41, 5.74) is 0.482. The number of hydrogen-bond acceptors (Lipinski definition) is 1. The molecule has 2 aromatic rings. The Kier molecular flexibility index (Phi) is 3.77. The third kappa shape index (κ3) is 2.76. The Balaban J connectivity index is 2.18. The van der Waals surface area contributed by atoms with Crippen LogP contribution < -0.4 is 5.32 Å². The van der Waals surface area contributed by atoms with Crippen molar-refractivity contribution in [2.24, 2.45) is 0 Å². The molecule has 1 nitrogen and oxygen atoms in total. The monoisotopic (exact) mass is 271 g/mol. The van der Waals surface area contributed by atoms with E-state index in [1.807, 2.05) is 0 Å². The highest BCUT2D eigenvalue weighted by Crippen LogP contribution is 2.21. The first-order valence-electron chi connectivity index (χ1n) is 5.20. The van der Waals surface area contributed by atoms with Gasteiger partial charge in [-0.25, -0.2) is 13.2 Å². The van der Waals surface area contributed by atoms with Crippen molar-refractivity contribution in [2.45, 2.75) is 6.54 Å². The molecule has 0 heterocycles. The first-order valence-corrected chi connectivity index (χ1v) is 5.57. The summed E-state index contributed by atoms with van der Waals surface area (Å²) < 4.78 is 39.3. The van der Waals surface area contributed by atoms with Gasteiger partial charge in [-0.3, -0.25) is 0 Å². The van der Waals surface area contributed by atoms with Crippen LogP contribution in [0.25, 0.3) is 0 Å². The van der Waals surface area contributed by atoms with Gasteiger partial charge in [0.1, 0.15) is 5.82 Å². The van der Waals surface area contributed by atoms with Gasteiger partial charge in [0.25, 0.3) is 0 Å². The highest BCUT2D eigenvalue weighted by Gasteiger charge is 2.11. The fraction of sp³-hybridized carbons (Fsp3) is 0.0769. The zero-order valence-corrected chi connectivity index (χ0v) is 9.94. The summed E-state index contributed by atoms with van der Waals surface area (Å²) in [5, 5.41) is 3.11. The number of halogens is 4. The van der Waals surface area contributed by atoms with E-state index in [2.05, 4.69) is 5.32 Å². The fourth-order valence-corrected chi connectivity index (χ4v) is 1.72. The second-order valence-corrected chi connectivity index (χ2v) is 4.10. The summed E-state index contributed by atoms with van der Waals surface area (Å²) in [4.78, 5) is 0. The molecule has 0 saturated carbocycles. The smallest absolute Gasteiger partial charge is 0.182 e. The minimum Gasteiger partial charge on any atom is -0.378 e. The predicted octanol–water partition coefficient (Wildman–Crippen LogP) is 4.37. The van der Waals surface area contributed by atoms with Crippen LogP contribution in [0, 0.1) is 17.5 Å². The van der Waals surface area contributed by atoms with E-state index < -0.39 is 17.5 Å². The quantitative estimate of drug-likeness (QED) is 0.818. The normalized spacial score (nSPS) is 10.4. The molecule has 0 saturated heterocycles. The lowest BCUT2D eigenvalue weighted by Gasteiger charge is -2.09. The Labute approximate surface area is 107 Å². The van der Waals surface area contributed by atoms with Crippen molar-refractivity contribution in [2.75, 3.05) is 5.32 Å². The van der Waals surface area contributed by atoms with Crippen LogP contribution in [0.4, 0.5) is 18.9 Å². The molecule has 0 aromatic heterocycles. The van der Waals surface area contributed by atoms with Crippen LogP contribution in [-0.4, -0.2) is 0 Å².